The molecule has 4 nitrogen and oxygen atoms in total. The monoisotopic (exact) mass is 242 g/mol. The Morgan fingerprint density at radius 2 is 1.47 bits per heavy atom. The lowest BCUT2D eigenvalue weighted by molar-refractivity contribution is -0.148. The molecule has 0 spiro atoms. The number of rotatable bonds is 4. The van der Waals surface area contributed by atoms with E-state index in [0.29, 0.717) is 0 Å². The van der Waals surface area contributed by atoms with Crippen LogP contribution in [0.15, 0.2) is 0 Å². The molecule has 2 rings (SSSR count). The fourth-order valence-corrected chi connectivity index (χ4v) is 2.95. The number of esters is 2. The Labute approximate surface area is 104 Å². The van der Waals surface area contributed by atoms with Crippen LogP contribution in [0.4, 0.5) is 0 Å². The minimum atomic E-state index is -0.417. The van der Waals surface area contributed by atoms with E-state index in [-0.39, 0.29) is 48.8 Å². The first-order valence-corrected chi connectivity index (χ1v) is 6.03. The number of carbonyl (C=O) groups is 2. The molecule has 0 N–H and O–H groups in total. The predicted molar refractivity (Wildman–Crippen MR) is 61.1 cm³/mol. The summed E-state index contributed by atoms with van der Waals surface area (Å²) in [4.78, 5) is 21.9. The lowest BCUT2D eigenvalue weighted by atomic mass is 9.80. The van der Waals surface area contributed by atoms with Crippen molar-refractivity contribution >= 4 is 11.9 Å². The number of carbonyl (C=O) groups excluding carboxylic acids is 2. The van der Waals surface area contributed by atoms with Crippen LogP contribution in [-0.4, -0.2) is 25.2 Å². The Balaban J connectivity index is 2.04. The normalized spacial score (nSPS) is 45.1. The first kappa shape index (κ1) is 9.92. The van der Waals surface area contributed by atoms with Gasteiger partial charge in [-0.25, -0.2) is 0 Å². The summed E-state index contributed by atoms with van der Waals surface area (Å²) >= 11 is 0. The van der Waals surface area contributed by atoms with E-state index in [2.05, 4.69) is 0 Å². The van der Waals surface area contributed by atoms with Gasteiger partial charge in [0.2, 0.25) is 0 Å². The molecule has 4 heteroatoms. The molecule has 0 aromatic heterocycles. The molecule has 0 amide bonds. The first-order valence-electron chi connectivity index (χ1n) is 7.18. The third-order valence-electron chi connectivity index (χ3n) is 3.76. The molecule has 96 valence electrons. The maximum atomic E-state index is 10.9. The molecule has 0 aliphatic heterocycles. The molecular formula is C13H20O4. The van der Waals surface area contributed by atoms with E-state index in [9.17, 15) is 9.59 Å². The van der Waals surface area contributed by atoms with Gasteiger partial charge < -0.3 is 9.47 Å². The third-order valence-corrected chi connectivity index (χ3v) is 3.76. The first-order chi connectivity index (χ1) is 8.91. The van der Waals surface area contributed by atoms with E-state index in [1.165, 1.54) is 13.8 Å². The number of hydrogen-bond acceptors (Lipinski definition) is 4. The highest BCUT2D eigenvalue weighted by atomic mass is 16.5. The zero-order chi connectivity index (χ0) is 14.2. The largest absolute Gasteiger partial charge is 0.466 e. The summed E-state index contributed by atoms with van der Waals surface area (Å²) in [5.41, 5.74) is 0. The van der Waals surface area contributed by atoms with Gasteiger partial charge in [-0.2, -0.15) is 0 Å². The zero-order valence-corrected chi connectivity index (χ0v) is 10.2. The zero-order valence-electron chi connectivity index (χ0n) is 12.2. The standard InChI is InChI=1S/C13H20O4/c1-8(14)16-6-12-10-3-4-11(5-10)13(12)7-17-9(2)15/h10-13H,3-7H2,1-2H3/t10-,11+,12+,13-/i3D,4D/t3-,4+,10+,11-,12-,13+. The van der Waals surface area contributed by atoms with Crippen molar-refractivity contribution in [1.82, 2.24) is 0 Å². The molecule has 2 fully saturated rings. The van der Waals surface area contributed by atoms with Crippen LogP contribution in [0.1, 0.15) is 35.8 Å². The molecule has 2 bridgehead atoms. The van der Waals surface area contributed by atoms with Gasteiger partial charge in [0.05, 0.1) is 13.2 Å². The molecule has 0 aromatic rings. The summed E-state index contributed by atoms with van der Waals surface area (Å²) in [6.07, 6.45) is -0.0292. The maximum Gasteiger partial charge on any atom is 0.302 e. The molecule has 17 heavy (non-hydrogen) atoms. The van der Waals surface area contributed by atoms with Crippen LogP contribution in [0.25, 0.3) is 0 Å². The van der Waals surface area contributed by atoms with Gasteiger partial charge >= 0.3 is 11.9 Å². The summed E-state index contributed by atoms with van der Waals surface area (Å²) in [7, 11) is 0. The lowest BCUT2D eigenvalue weighted by Crippen LogP contribution is -2.31. The molecule has 0 aromatic carbocycles. The van der Waals surface area contributed by atoms with Crippen molar-refractivity contribution in [2.75, 3.05) is 13.2 Å². The topological polar surface area (TPSA) is 52.6 Å². The van der Waals surface area contributed by atoms with Gasteiger partial charge in [-0.05, 0) is 31.1 Å². The Hall–Kier alpha value is -1.06. The van der Waals surface area contributed by atoms with Crippen molar-refractivity contribution < 1.29 is 21.8 Å². The van der Waals surface area contributed by atoms with Crippen LogP contribution in [0, 0.1) is 23.7 Å². The number of fused-ring (bicyclic) bond motifs is 2. The Kier molecular flexibility index (Phi) is 2.96. The summed E-state index contributed by atoms with van der Waals surface area (Å²) < 4.78 is 26.2. The van der Waals surface area contributed by atoms with E-state index in [1.807, 2.05) is 0 Å². The molecule has 2 aliphatic carbocycles. The van der Waals surface area contributed by atoms with Crippen LogP contribution >= 0.6 is 0 Å². The highest BCUT2D eigenvalue weighted by Gasteiger charge is 2.48. The Morgan fingerprint density at radius 3 is 1.82 bits per heavy atom. The van der Waals surface area contributed by atoms with Crippen molar-refractivity contribution in [3.05, 3.63) is 0 Å². The van der Waals surface area contributed by atoms with Crippen LogP contribution in [0.2, 0.25) is 0 Å². The summed E-state index contributed by atoms with van der Waals surface area (Å²) in [5, 5.41) is 0. The molecule has 0 unspecified atom stereocenters. The van der Waals surface area contributed by atoms with Gasteiger partial charge in [-0.15, -0.1) is 0 Å². The average Bonchev–Trinajstić information content (AvgIpc) is 2.82. The highest BCUT2D eigenvalue weighted by Crippen LogP contribution is 2.52. The van der Waals surface area contributed by atoms with Gasteiger partial charge in [0, 0.05) is 28.4 Å². The fraction of sp³-hybridized carbons (Fsp3) is 0.846. The van der Waals surface area contributed by atoms with Crippen molar-refractivity contribution in [3.8, 4) is 0 Å². The lowest BCUT2D eigenvalue weighted by Gasteiger charge is -2.30. The second-order valence-electron chi connectivity index (χ2n) is 4.88. The minimum absolute atomic E-state index is 0.0392. The van der Waals surface area contributed by atoms with Gasteiger partial charge in [-0.1, -0.05) is 0 Å². The average molecular weight is 242 g/mol. The third kappa shape index (κ3) is 2.79. The molecular weight excluding hydrogens is 220 g/mol. The van der Waals surface area contributed by atoms with Crippen LogP contribution in [0.5, 0.6) is 0 Å². The van der Waals surface area contributed by atoms with Crippen molar-refractivity contribution in [3.63, 3.8) is 0 Å². The van der Waals surface area contributed by atoms with E-state index < -0.39 is 12.8 Å². The molecule has 2 saturated carbocycles. The quantitative estimate of drug-likeness (QED) is 0.705. The molecule has 0 heterocycles. The summed E-state index contributed by atoms with van der Waals surface area (Å²) in [6.45, 7) is 3.26. The second-order valence-corrected chi connectivity index (χ2v) is 4.88. The van der Waals surface area contributed by atoms with Gasteiger partial charge in [0.1, 0.15) is 0 Å². The van der Waals surface area contributed by atoms with E-state index in [1.54, 1.807) is 0 Å². The number of ether oxygens (including phenoxy) is 2. The second kappa shape index (κ2) is 5.07. The summed E-state index contributed by atoms with van der Waals surface area (Å²) in [6, 6.07) is 0. The fourth-order valence-electron chi connectivity index (χ4n) is 2.95. The van der Waals surface area contributed by atoms with Crippen LogP contribution in [0.3, 0.4) is 0 Å². The molecule has 0 saturated heterocycles. The van der Waals surface area contributed by atoms with E-state index in [0.717, 1.165) is 6.42 Å². The van der Waals surface area contributed by atoms with Crippen molar-refractivity contribution in [2.24, 2.45) is 23.7 Å². The van der Waals surface area contributed by atoms with E-state index in [4.69, 9.17) is 12.2 Å². The van der Waals surface area contributed by atoms with Crippen molar-refractivity contribution in [2.45, 2.75) is 33.1 Å². The molecule has 2 aliphatic rings. The van der Waals surface area contributed by atoms with Crippen LogP contribution in [-0.2, 0) is 19.1 Å². The Morgan fingerprint density at radius 1 is 1.06 bits per heavy atom. The highest BCUT2D eigenvalue weighted by molar-refractivity contribution is 5.66. The van der Waals surface area contributed by atoms with Crippen molar-refractivity contribution in [1.29, 1.82) is 0 Å². The van der Waals surface area contributed by atoms with E-state index >= 15 is 0 Å². The maximum absolute atomic E-state index is 10.9. The van der Waals surface area contributed by atoms with Gasteiger partial charge in [-0.3, -0.25) is 9.59 Å². The summed E-state index contributed by atoms with van der Waals surface area (Å²) in [5.74, 6) is -0.439. The smallest absolute Gasteiger partial charge is 0.302 e. The van der Waals surface area contributed by atoms with Crippen LogP contribution < -0.4 is 0 Å². The molecule has 0 radical (unpaired) electrons. The minimum Gasteiger partial charge on any atom is -0.466 e. The predicted octanol–water partition coefficient (Wildman–Crippen LogP) is 1.77. The van der Waals surface area contributed by atoms with Gasteiger partial charge in [0.15, 0.2) is 0 Å². The number of hydrogen-bond donors (Lipinski definition) is 0. The molecule has 6 atom stereocenters. The SMILES string of the molecule is [2H][C@@H]1[C@H]([2H])[C@@H]2C[C@H]1[C@@H](COC(C)=O)[C@H]2COC(C)=O. The Bertz CT molecular complexity index is 340. The van der Waals surface area contributed by atoms with Gasteiger partial charge in [0.25, 0.3) is 0 Å².